The van der Waals surface area contributed by atoms with Gasteiger partial charge in [0.05, 0.1) is 24.5 Å². The Hall–Kier alpha value is -2.53. The molecule has 3 rings (SSSR count). The molecule has 0 unspecified atom stereocenters. The lowest BCUT2D eigenvalue weighted by atomic mass is 9.77. The lowest BCUT2D eigenvalue weighted by Gasteiger charge is -2.32. The van der Waals surface area contributed by atoms with Crippen molar-refractivity contribution in [3.63, 3.8) is 0 Å². The van der Waals surface area contributed by atoms with E-state index >= 15 is 0 Å². The number of H-pyrrole nitrogens is 1. The number of hydrogen-bond donors (Lipinski definition) is 2. The van der Waals surface area contributed by atoms with E-state index in [4.69, 9.17) is 9.47 Å². The molecule has 11 heteroatoms. The van der Waals surface area contributed by atoms with Crippen LogP contribution < -0.4 is 10.3 Å². The van der Waals surface area contributed by atoms with Crippen LogP contribution in [0.25, 0.3) is 0 Å². The number of alkyl halides is 3. The first-order valence-corrected chi connectivity index (χ1v) is 9.79. The topological polar surface area (TPSA) is 84.4 Å². The van der Waals surface area contributed by atoms with Crippen LogP contribution in [0.5, 0.6) is 5.75 Å². The lowest BCUT2D eigenvalue weighted by Crippen LogP contribution is -2.46. The molecule has 1 aliphatic heterocycles. The number of aromatic amines is 1. The van der Waals surface area contributed by atoms with Crippen molar-refractivity contribution in [1.29, 1.82) is 0 Å². The van der Waals surface area contributed by atoms with Crippen LogP contribution in [0.1, 0.15) is 61.5 Å². The Morgan fingerprint density at radius 2 is 1.94 bits per heavy atom. The van der Waals surface area contributed by atoms with E-state index in [0.717, 1.165) is 26.2 Å². The quantitative estimate of drug-likeness (QED) is 0.665. The van der Waals surface area contributed by atoms with Gasteiger partial charge in [0.15, 0.2) is 17.2 Å². The third-order valence-corrected chi connectivity index (χ3v) is 6.16. The number of methoxy groups -OCH3 is 1. The third kappa shape index (κ3) is 3.66. The molecule has 0 saturated carbocycles. The molecule has 0 bridgehead atoms. The second-order valence-electron chi connectivity index (χ2n) is 8.07. The average molecular weight is 462 g/mol. The van der Waals surface area contributed by atoms with Crippen LogP contribution in [0.4, 0.5) is 22.0 Å². The first-order valence-electron chi connectivity index (χ1n) is 9.79. The summed E-state index contributed by atoms with van der Waals surface area (Å²) in [6, 6.07) is 1.92. The molecule has 0 spiro atoms. The van der Waals surface area contributed by atoms with E-state index in [1.807, 2.05) is 0 Å². The summed E-state index contributed by atoms with van der Waals surface area (Å²) < 4.78 is 80.7. The van der Waals surface area contributed by atoms with Gasteiger partial charge in [-0.25, -0.2) is 9.37 Å². The van der Waals surface area contributed by atoms with Crippen LogP contribution >= 0.6 is 0 Å². The van der Waals surface area contributed by atoms with Crippen molar-refractivity contribution in [1.82, 2.24) is 9.97 Å². The van der Waals surface area contributed by atoms with Crippen molar-refractivity contribution in [2.24, 2.45) is 5.92 Å². The molecule has 1 saturated heterocycles. The molecule has 2 aromatic rings. The molecule has 0 aliphatic carbocycles. The normalized spacial score (nSPS) is 26.9. The monoisotopic (exact) mass is 462 g/mol. The maximum Gasteiger partial charge on any atom is 0.417 e. The van der Waals surface area contributed by atoms with Crippen molar-refractivity contribution in [3.05, 3.63) is 56.8 Å². The van der Waals surface area contributed by atoms with Gasteiger partial charge < -0.3 is 19.6 Å². The van der Waals surface area contributed by atoms with Crippen LogP contribution in [-0.2, 0) is 4.74 Å². The summed E-state index contributed by atoms with van der Waals surface area (Å²) >= 11 is 0. The number of rotatable bonds is 4. The van der Waals surface area contributed by atoms with Crippen molar-refractivity contribution in [2.45, 2.75) is 57.6 Å². The molecule has 1 fully saturated rings. The Morgan fingerprint density at radius 1 is 1.31 bits per heavy atom. The average Bonchev–Trinajstić information content (AvgIpc) is 2.95. The van der Waals surface area contributed by atoms with E-state index in [-0.39, 0.29) is 22.6 Å². The molecule has 32 heavy (non-hydrogen) atoms. The molecule has 0 amide bonds. The Labute approximate surface area is 180 Å². The van der Waals surface area contributed by atoms with Crippen LogP contribution in [0.15, 0.2) is 16.9 Å². The minimum atomic E-state index is -4.82. The summed E-state index contributed by atoms with van der Waals surface area (Å²) in [7, 11) is 1.07. The zero-order chi connectivity index (χ0) is 24.2. The second-order valence-corrected chi connectivity index (χ2v) is 8.07. The summed E-state index contributed by atoms with van der Waals surface area (Å²) in [6.45, 7) is 4.90. The Kier molecular flexibility index (Phi) is 6.11. The number of aromatic nitrogens is 2. The Bertz CT molecular complexity index is 1090. The highest BCUT2D eigenvalue weighted by molar-refractivity contribution is 5.41. The number of benzene rings is 1. The predicted octanol–water partition coefficient (Wildman–Crippen LogP) is 4.23. The number of halogens is 5. The largest absolute Gasteiger partial charge is 0.493 e. The molecule has 6 nitrogen and oxygen atoms in total. The first kappa shape index (κ1) is 24.1. The highest BCUT2D eigenvalue weighted by Gasteiger charge is 2.65. The summed E-state index contributed by atoms with van der Waals surface area (Å²) in [4.78, 5) is 19.1. The molecule has 0 radical (unpaired) electrons. The number of aryl methyl sites for hydroxylation is 1. The number of aliphatic hydroxyl groups is 1. The van der Waals surface area contributed by atoms with Crippen molar-refractivity contribution in [3.8, 4) is 5.75 Å². The number of hydrogen-bond acceptors (Lipinski definition) is 5. The predicted molar refractivity (Wildman–Crippen MR) is 103 cm³/mol. The van der Waals surface area contributed by atoms with Gasteiger partial charge in [0.1, 0.15) is 11.9 Å². The van der Waals surface area contributed by atoms with Gasteiger partial charge in [-0.15, -0.1) is 0 Å². The molecule has 1 aromatic carbocycles. The summed E-state index contributed by atoms with van der Waals surface area (Å²) in [5, 5.41) is 9.79. The standard InChI is InChI=1S/C21H23F5N2O4/c1-8-13(11-6-7-12(22)15(23)16(11)31-5)17(32-20(8,4)21(24,25)26)18-27-9(2)14(10(3)29)19(30)28-18/h6-8,10,13,17,29H,1-5H3,(H,27,28,30)/t8-,10-,13-,17+,20+/m0/s1. The molecule has 176 valence electrons. The number of nitrogens with one attached hydrogen (secondary N) is 1. The fourth-order valence-electron chi connectivity index (χ4n) is 4.29. The Morgan fingerprint density at radius 3 is 2.44 bits per heavy atom. The molecular weight excluding hydrogens is 439 g/mol. The van der Waals surface area contributed by atoms with Crippen LogP contribution in [0.3, 0.4) is 0 Å². The molecule has 2 heterocycles. The lowest BCUT2D eigenvalue weighted by molar-refractivity contribution is -0.275. The molecule has 5 atom stereocenters. The van der Waals surface area contributed by atoms with Crippen molar-refractivity contribution < 1.29 is 36.5 Å². The maximum atomic E-state index is 14.4. The van der Waals surface area contributed by atoms with Gasteiger partial charge in [0.25, 0.3) is 5.56 Å². The minimum absolute atomic E-state index is 0.0414. The number of aliphatic hydroxyl groups excluding tert-OH is 1. The first-order chi connectivity index (χ1) is 14.7. The van der Waals surface area contributed by atoms with Crippen LogP contribution in [-0.4, -0.2) is 34.0 Å². The van der Waals surface area contributed by atoms with E-state index in [1.54, 1.807) is 0 Å². The molecular formula is C21H23F5N2O4. The third-order valence-electron chi connectivity index (χ3n) is 6.16. The Balaban J connectivity index is 2.26. The molecule has 2 N–H and O–H groups in total. The van der Waals surface area contributed by atoms with Gasteiger partial charge >= 0.3 is 6.18 Å². The fraction of sp³-hybridized carbons (Fsp3) is 0.524. The molecule has 1 aliphatic rings. The van der Waals surface area contributed by atoms with E-state index in [0.29, 0.717) is 0 Å². The highest BCUT2D eigenvalue weighted by Crippen LogP contribution is 2.59. The minimum Gasteiger partial charge on any atom is -0.493 e. The van der Waals surface area contributed by atoms with E-state index in [9.17, 15) is 31.9 Å². The van der Waals surface area contributed by atoms with Gasteiger partial charge in [-0.3, -0.25) is 4.79 Å². The highest BCUT2D eigenvalue weighted by atomic mass is 19.4. The number of ether oxygens (including phenoxy) is 2. The van der Waals surface area contributed by atoms with E-state index in [1.165, 1.54) is 20.8 Å². The van der Waals surface area contributed by atoms with Crippen molar-refractivity contribution in [2.75, 3.05) is 7.11 Å². The smallest absolute Gasteiger partial charge is 0.417 e. The van der Waals surface area contributed by atoms with Crippen LogP contribution in [0.2, 0.25) is 0 Å². The maximum absolute atomic E-state index is 14.4. The van der Waals surface area contributed by atoms with E-state index in [2.05, 4.69) is 9.97 Å². The summed E-state index contributed by atoms with van der Waals surface area (Å²) in [6.07, 6.45) is -7.45. The number of nitrogens with zero attached hydrogens (tertiary/aromatic N) is 1. The molecule has 1 aromatic heterocycles. The SMILES string of the molecule is COc1c([C@H]2[C@H](c3nc(C)c([C@H](C)O)c(=O)[nH]3)O[C@@](C)(C(F)(F)F)[C@H]2C)ccc(F)c1F. The van der Waals surface area contributed by atoms with E-state index < -0.39 is 58.8 Å². The zero-order valence-corrected chi connectivity index (χ0v) is 18.0. The summed E-state index contributed by atoms with van der Waals surface area (Å²) in [5.41, 5.74) is -3.42. The van der Waals surface area contributed by atoms with Gasteiger partial charge in [-0.1, -0.05) is 13.0 Å². The van der Waals surface area contributed by atoms with Crippen LogP contribution in [0, 0.1) is 24.5 Å². The summed E-state index contributed by atoms with van der Waals surface area (Å²) in [5.74, 6) is -5.86. The fourth-order valence-corrected chi connectivity index (χ4v) is 4.29. The zero-order valence-electron chi connectivity index (χ0n) is 18.0. The van der Waals surface area contributed by atoms with Gasteiger partial charge in [0.2, 0.25) is 5.82 Å². The second kappa shape index (κ2) is 8.11. The van der Waals surface area contributed by atoms with Gasteiger partial charge in [-0.05, 0) is 26.8 Å². The van der Waals surface area contributed by atoms with Gasteiger partial charge in [-0.2, -0.15) is 17.6 Å². The van der Waals surface area contributed by atoms with Gasteiger partial charge in [0, 0.05) is 17.4 Å². The van der Waals surface area contributed by atoms with Crippen molar-refractivity contribution >= 4 is 0 Å².